The number of hydrogen-bond acceptors (Lipinski definition) is 3. The third-order valence-corrected chi connectivity index (χ3v) is 2.05. The van der Waals surface area contributed by atoms with E-state index in [1.54, 1.807) is 4.57 Å². The number of H-pyrrole nitrogens is 1. The van der Waals surface area contributed by atoms with Crippen LogP contribution in [-0.2, 0) is 0 Å². The number of rotatable bonds is 2. The molecule has 0 bridgehead atoms. The lowest BCUT2D eigenvalue weighted by Gasteiger charge is -2.05. The smallest absolute Gasteiger partial charge is 0.322 e. The van der Waals surface area contributed by atoms with Crippen LogP contribution in [0.4, 0.5) is 0 Å². The SMILES string of the molecule is CC(N)c1n[nH]c(=O)n1C1CC1. The summed E-state index contributed by atoms with van der Waals surface area (Å²) in [6, 6.07) is 0.168. The largest absolute Gasteiger partial charge is 0.343 e. The van der Waals surface area contributed by atoms with Crippen LogP contribution in [0.25, 0.3) is 0 Å². The highest BCUT2D eigenvalue weighted by molar-refractivity contribution is 4.98. The van der Waals surface area contributed by atoms with Crippen molar-refractivity contribution in [3.8, 4) is 0 Å². The molecule has 66 valence electrons. The van der Waals surface area contributed by atoms with E-state index in [-0.39, 0.29) is 11.7 Å². The van der Waals surface area contributed by atoms with Gasteiger partial charge >= 0.3 is 5.69 Å². The number of nitrogens with one attached hydrogen (secondary N) is 1. The molecule has 0 amide bonds. The molecule has 1 atom stereocenters. The van der Waals surface area contributed by atoms with Gasteiger partial charge in [-0.3, -0.25) is 4.57 Å². The summed E-state index contributed by atoms with van der Waals surface area (Å²) in [6.07, 6.45) is 2.14. The van der Waals surface area contributed by atoms with Gasteiger partial charge in [-0.05, 0) is 19.8 Å². The van der Waals surface area contributed by atoms with Crippen LogP contribution in [0.3, 0.4) is 0 Å². The number of aromatic nitrogens is 3. The molecular formula is C7H12N4O. The molecule has 0 saturated heterocycles. The molecule has 1 aliphatic rings. The highest BCUT2D eigenvalue weighted by Gasteiger charge is 2.29. The molecule has 1 heterocycles. The zero-order chi connectivity index (χ0) is 8.72. The van der Waals surface area contributed by atoms with Crippen molar-refractivity contribution in [2.45, 2.75) is 31.8 Å². The van der Waals surface area contributed by atoms with Gasteiger partial charge in [-0.2, -0.15) is 5.10 Å². The van der Waals surface area contributed by atoms with E-state index >= 15 is 0 Å². The zero-order valence-corrected chi connectivity index (χ0v) is 6.95. The monoisotopic (exact) mass is 168 g/mol. The fraction of sp³-hybridized carbons (Fsp3) is 0.714. The molecular weight excluding hydrogens is 156 g/mol. The van der Waals surface area contributed by atoms with Crippen molar-refractivity contribution >= 4 is 0 Å². The lowest BCUT2D eigenvalue weighted by atomic mass is 10.3. The van der Waals surface area contributed by atoms with Crippen LogP contribution >= 0.6 is 0 Å². The standard InChI is InChI=1S/C7H12N4O/c1-4(8)6-9-10-7(12)11(6)5-2-3-5/h4-5H,2-3,8H2,1H3,(H,10,12). The fourth-order valence-electron chi connectivity index (χ4n) is 1.32. The molecule has 0 aromatic carbocycles. The third-order valence-electron chi connectivity index (χ3n) is 2.05. The number of hydrogen-bond donors (Lipinski definition) is 2. The average molecular weight is 168 g/mol. The first kappa shape index (κ1) is 7.54. The molecule has 1 unspecified atom stereocenters. The minimum absolute atomic E-state index is 0.134. The van der Waals surface area contributed by atoms with Gasteiger partial charge in [-0.25, -0.2) is 9.89 Å². The van der Waals surface area contributed by atoms with Crippen LogP contribution in [-0.4, -0.2) is 14.8 Å². The van der Waals surface area contributed by atoms with Gasteiger partial charge in [0, 0.05) is 6.04 Å². The maximum Gasteiger partial charge on any atom is 0.343 e. The van der Waals surface area contributed by atoms with E-state index in [2.05, 4.69) is 10.2 Å². The first-order chi connectivity index (χ1) is 5.70. The van der Waals surface area contributed by atoms with Gasteiger partial charge in [0.25, 0.3) is 0 Å². The van der Waals surface area contributed by atoms with Gasteiger partial charge in [0.1, 0.15) is 5.82 Å². The van der Waals surface area contributed by atoms with Crippen LogP contribution in [0.5, 0.6) is 0 Å². The van der Waals surface area contributed by atoms with Crippen LogP contribution in [0, 0.1) is 0 Å². The lowest BCUT2D eigenvalue weighted by Crippen LogP contribution is -2.21. The van der Waals surface area contributed by atoms with Gasteiger partial charge in [0.2, 0.25) is 0 Å². The molecule has 5 heteroatoms. The molecule has 1 aliphatic carbocycles. The van der Waals surface area contributed by atoms with Gasteiger partial charge in [-0.15, -0.1) is 0 Å². The molecule has 5 nitrogen and oxygen atoms in total. The predicted octanol–water partition coefficient (Wildman–Crippen LogP) is -0.0740. The molecule has 2 rings (SSSR count). The highest BCUT2D eigenvalue weighted by Crippen LogP contribution is 2.34. The van der Waals surface area contributed by atoms with E-state index < -0.39 is 0 Å². The minimum Gasteiger partial charge on any atom is -0.322 e. The topological polar surface area (TPSA) is 76.7 Å². The van der Waals surface area contributed by atoms with E-state index in [1.807, 2.05) is 6.92 Å². The number of nitrogens with two attached hydrogens (primary N) is 1. The number of nitrogens with zero attached hydrogens (tertiary/aromatic N) is 2. The summed E-state index contributed by atoms with van der Waals surface area (Å²) in [5, 5.41) is 6.29. The Morgan fingerprint density at radius 3 is 2.92 bits per heavy atom. The maximum atomic E-state index is 11.2. The van der Waals surface area contributed by atoms with E-state index in [1.165, 1.54) is 0 Å². The summed E-state index contributed by atoms with van der Waals surface area (Å²) in [4.78, 5) is 11.2. The van der Waals surface area contributed by atoms with E-state index in [9.17, 15) is 4.79 Å². The van der Waals surface area contributed by atoms with Gasteiger partial charge in [0.15, 0.2) is 0 Å². The van der Waals surface area contributed by atoms with Crippen LogP contribution in [0.15, 0.2) is 4.79 Å². The predicted molar refractivity (Wildman–Crippen MR) is 43.7 cm³/mol. The summed E-state index contributed by atoms with van der Waals surface area (Å²) >= 11 is 0. The summed E-state index contributed by atoms with van der Waals surface area (Å²) in [5.74, 6) is 0.669. The molecule has 12 heavy (non-hydrogen) atoms. The normalized spacial score (nSPS) is 19.5. The number of aromatic amines is 1. The van der Waals surface area contributed by atoms with E-state index in [0.717, 1.165) is 12.8 Å². The molecule has 1 saturated carbocycles. The fourth-order valence-corrected chi connectivity index (χ4v) is 1.32. The summed E-state index contributed by atoms with van der Waals surface area (Å²) in [7, 11) is 0. The van der Waals surface area contributed by atoms with Crippen molar-refractivity contribution in [3.63, 3.8) is 0 Å². The van der Waals surface area contributed by atoms with Crippen molar-refractivity contribution in [1.29, 1.82) is 0 Å². The second kappa shape index (κ2) is 2.45. The molecule has 1 fully saturated rings. The molecule has 0 spiro atoms. The Balaban J connectivity index is 2.46. The first-order valence-corrected chi connectivity index (χ1v) is 4.12. The summed E-state index contributed by atoms with van der Waals surface area (Å²) < 4.78 is 1.67. The van der Waals surface area contributed by atoms with Gasteiger partial charge in [0.05, 0.1) is 6.04 Å². The van der Waals surface area contributed by atoms with E-state index in [4.69, 9.17) is 5.73 Å². The summed E-state index contributed by atoms with van der Waals surface area (Å²) in [5.41, 5.74) is 5.52. The van der Waals surface area contributed by atoms with Crippen molar-refractivity contribution in [2.24, 2.45) is 5.73 Å². The second-order valence-electron chi connectivity index (χ2n) is 3.28. The Bertz CT molecular complexity index is 333. The quantitative estimate of drug-likeness (QED) is 0.648. The first-order valence-electron chi connectivity index (χ1n) is 4.12. The molecule has 1 aromatic rings. The van der Waals surface area contributed by atoms with Crippen molar-refractivity contribution < 1.29 is 0 Å². The van der Waals surface area contributed by atoms with Crippen LogP contribution in [0.2, 0.25) is 0 Å². The minimum atomic E-state index is -0.176. The van der Waals surface area contributed by atoms with Gasteiger partial charge < -0.3 is 5.73 Å². The van der Waals surface area contributed by atoms with Crippen LogP contribution < -0.4 is 11.4 Å². The zero-order valence-electron chi connectivity index (χ0n) is 6.95. The summed E-state index contributed by atoms with van der Waals surface area (Å²) in [6.45, 7) is 1.83. The second-order valence-corrected chi connectivity index (χ2v) is 3.28. The Hall–Kier alpha value is -1.10. The Morgan fingerprint density at radius 1 is 1.75 bits per heavy atom. The molecule has 3 N–H and O–H groups in total. The maximum absolute atomic E-state index is 11.2. The Morgan fingerprint density at radius 2 is 2.42 bits per heavy atom. The molecule has 0 radical (unpaired) electrons. The third kappa shape index (κ3) is 1.06. The van der Waals surface area contributed by atoms with Gasteiger partial charge in [-0.1, -0.05) is 0 Å². The molecule has 0 aliphatic heterocycles. The highest BCUT2D eigenvalue weighted by atomic mass is 16.1. The van der Waals surface area contributed by atoms with E-state index in [0.29, 0.717) is 11.9 Å². The molecule has 1 aromatic heterocycles. The van der Waals surface area contributed by atoms with Crippen molar-refractivity contribution in [3.05, 3.63) is 16.3 Å². The van der Waals surface area contributed by atoms with Crippen molar-refractivity contribution in [2.75, 3.05) is 0 Å². The van der Waals surface area contributed by atoms with Crippen LogP contribution in [0.1, 0.15) is 37.7 Å². The average Bonchev–Trinajstić information content (AvgIpc) is 2.75. The Labute approximate surface area is 69.6 Å². The van der Waals surface area contributed by atoms with Crippen molar-refractivity contribution in [1.82, 2.24) is 14.8 Å². The lowest BCUT2D eigenvalue weighted by molar-refractivity contribution is 0.613. The Kier molecular flexibility index (Phi) is 1.54.